The van der Waals surface area contributed by atoms with Gasteiger partial charge in [-0.25, -0.2) is 0 Å². The molecule has 0 atom stereocenters. The van der Waals surface area contributed by atoms with Gasteiger partial charge in [0.1, 0.15) is 0 Å². The standard InChI is InChI=1S/C10H6INO2/c1-6(14)9-2-8(5-13)7(4-12)3-10(9)11/h2-3,5H,1H3. The fourth-order valence-corrected chi connectivity index (χ4v) is 1.90. The predicted molar refractivity (Wildman–Crippen MR) is 59.3 cm³/mol. The Morgan fingerprint density at radius 1 is 1.57 bits per heavy atom. The van der Waals surface area contributed by atoms with E-state index in [1.165, 1.54) is 13.0 Å². The molecule has 0 unspecified atom stereocenters. The van der Waals surface area contributed by atoms with Crippen molar-refractivity contribution in [2.75, 3.05) is 0 Å². The van der Waals surface area contributed by atoms with E-state index in [1.807, 2.05) is 28.7 Å². The molecular formula is C10H6INO2. The molecule has 0 spiro atoms. The van der Waals surface area contributed by atoms with Crippen molar-refractivity contribution in [3.05, 3.63) is 32.4 Å². The van der Waals surface area contributed by atoms with Crippen LogP contribution in [0.5, 0.6) is 0 Å². The monoisotopic (exact) mass is 299 g/mol. The van der Waals surface area contributed by atoms with Gasteiger partial charge >= 0.3 is 0 Å². The average molecular weight is 299 g/mol. The third-order valence-electron chi connectivity index (χ3n) is 1.77. The van der Waals surface area contributed by atoms with Gasteiger partial charge in [-0.1, -0.05) is 0 Å². The van der Waals surface area contributed by atoms with E-state index in [-0.39, 0.29) is 11.3 Å². The lowest BCUT2D eigenvalue weighted by Crippen LogP contribution is -2.00. The summed E-state index contributed by atoms with van der Waals surface area (Å²) in [6.45, 7) is 1.43. The molecule has 0 aliphatic carbocycles. The smallest absolute Gasteiger partial charge is 0.160 e. The maximum atomic E-state index is 11.1. The fraction of sp³-hybridized carbons (Fsp3) is 0.100. The Labute approximate surface area is 94.9 Å². The summed E-state index contributed by atoms with van der Waals surface area (Å²) in [5.41, 5.74) is 1.04. The van der Waals surface area contributed by atoms with Gasteiger partial charge in [0.05, 0.1) is 11.6 Å². The summed E-state index contributed by atoms with van der Waals surface area (Å²) in [4.78, 5) is 21.7. The second-order valence-electron chi connectivity index (χ2n) is 2.71. The molecule has 0 heterocycles. The number of aldehydes is 1. The molecule has 0 N–H and O–H groups in total. The minimum Gasteiger partial charge on any atom is -0.298 e. The number of carbonyl (C=O) groups excluding carboxylic acids is 2. The van der Waals surface area contributed by atoms with Crippen LogP contribution in [0.2, 0.25) is 0 Å². The van der Waals surface area contributed by atoms with Gasteiger partial charge < -0.3 is 0 Å². The molecule has 0 saturated heterocycles. The van der Waals surface area contributed by atoms with Crippen LogP contribution in [0.4, 0.5) is 0 Å². The van der Waals surface area contributed by atoms with Crippen LogP contribution in [-0.4, -0.2) is 12.1 Å². The second-order valence-corrected chi connectivity index (χ2v) is 3.87. The zero-order chi connectivity index (χ0) is 10.7. The number of nitriles is 1. The number of rotatable bonds is 2. The van der Waals surface area contributed by atoms with Gasteiger partial charge in [0, 0.05) is 14.7 Å². The number of benzene rings is 1. The normalized spacial score (nSPS) is 9.21. The average Bonchev–Trinajstić information content (AvgIpc) is 2.16. The van der Waals surface area contributed by atoms with E-state index in [0.717, 1.165) is 0 Å². The lowest BCUT2D eigenvalue weighted by atomic mass is 10.0. The first-order valence-electron chi connectivity index (χ1n) is 3.80. The van der Waals surface area contributed by atoms with Crippen molar-refractivity contribution in [2.24, 2.45) is 0 Å². The predicted octanol–water partition coefficient (Wildman–Crippen LogP) is 2.18. The van der Waals surface area contributed by atoms with Crippen LogP contribution in [0.3, 0.4) is 0 Å². The van der Waals surface area contributed by atoms with E-state index in [4.69, 9.17) is 5.26 Å². The molecule has 0 fully saturated rings. The van der Waals surface area contributed by atoms with Gasteiger partial charge in [-0.15, -0.1) is 0 Å². The van der Waals surface area contributed by atoms with Crippen LogP contribution < -0.4 is 0 Å². The number of carbonyl (C=O) groups is 2. The zero-order valence-corrected chi connectivity index (χ0v) is 9.53. The molecule has 0 aliphatic heterocycles. The fourth-order valence-electron chi connectivity index (χ4n) is 1.05. The third kappa shape index (κ3) is 1.99. The molecule has 0 radical (unpaired) electrons. The summed E-state index contributed by atoms with van der Waals surface area (Å²) in [5, 5.41) is 8.71. The highest BCUT2D eigenvalue weighted by Gasteiger charge is 2.10. The van der Waals surface area contributed by atoms with Crippen LogP contribution >= 0.6 is 22.6 Å². The lowest BCUT2D eigenvalue weighted by Gasteiger charge is -2.02. The molecule has 0 saturated carbocycles. The Hall–Kier alpha value is -1.22. The summed E-state index contributed by atoms with van der Waals surface area (Å²) in [6.07, 6.45) is 0.584. The molecule has 1 rings (SSSR count). The first-order chi connectivity index (χ1) is 6.60. The highest BCUT2D eigenvalue weighted by Crippen LogP contribution is 2.18. The molecule has 1 aromatic rings. The minimum absolute atomic E-state index is 0.109. The SMILES string of the molecule is CC(=O)c1cc(C=O)c(C#N)cc1I. The van der Waals surface area contributed by atoms with Crippen molar-refractivity contribution in [3.8, 4) is 6.07 Å². The number of hydrogen-bond acceptors (Lipinski definition) is 3. The van der Waals surface area contributed by atoms with E-state index in [0.29, 0.717) is 21.0 Å². The van der Waals surface area contributed by atoms with Gasteiger partial charge in [-0.2, -0.15) is 5.26 Å². The van der Waals surface area contributed by atoms with E-state index in [2.05, 4.69) is 0 Å². The Morgan fingerprint density at radius 2 is 2.21 bits per heavy atom. The van der Waals surface area contributed by atoms with Crippen molar-refractivity contribution in [3.63, 3.8) is 0 Å². The molecule has 3 nitrogen and oxygen atoms in total. The van der Waals surface area contributed by atoms with E-state index in [9.17, 15) is 9.59 Å². The van der Waals surface area contributed by atoms with Crippen molar-refractivity contribution in [1.82, 2.24) is 0 Å². The summed E-state index contributed by atoms with van der Waals surface area (Å²) in [6, 6.07) is 4.90. The van der Waals surface area contributed by atoms with E-state index < -0.39 is 0 Å². The molecule has 1 aromatic carbocycles. The summed E-state index contributed by atoms with van der Waals surface area (Å²) < 4.78 is 0.692. The van der Waals surface area contributed by atoms with Crippen LogP contribution in [0.15, 0.2) is 12.1 Å². The Morgan fingerprint density at radius 3 is 2.64 bits per heavy atom. The lowest BCUT2D eigenvalue weighted by molar-refractivity contribution is 0.101. The van der Waals surface area contributed by atoms with Crippen LogP contribution in [-0.2, 0) is 0 Å². The van der Waals surface area contributed by atoms with Crippen LogP contribution in [0.1, 0.15) is 33.2 Å². The first-order valence-corrected chi connectivity index (χ1v) is 4.87. The molecule has 4 heteroatoms. The third-order valence-corrected chi connectivity index (χ3v) is 2.66. The van der Waals surface area contributed by atoms with Gasteiger partial charge in [0.15, 0.2) is 12.1 Å². The topological polar surface area (TPSA) is 57.9 Å². The maximum absolute atomic E-state index is 11.1. The van der Waals surface area contributed by atoms with Gasteiger partial charge in [-0.3, -0.25) is 9.59 Å². The minimum atomic E-state index is -0.109. The van der Waals surface area contributed by atoms with E-state index in [1.54, 1.807) is 6.07 Å². The second kappa shape index (κ2) is 4.33. The molecule has 0 aromatic heterocycles. The van der Waals surface area contributed by atoms with Gasteiger partial charge in [0.2, 0.25) is 0 Å². The number of halogens is 1. The number of hydrogen-bond donors (Lipinski definition) is 0. The number of ketones is 1. The molecular weight excluding hydrogens is 293 g/mol. The van der Waals surface area contributed by atoms with Crippen LogP contribution in [0, 0.1) is 14.9 Å². The summed E-state index contributed by atoms with van der Waals surface area (Å²) in [7, 11) is 0. The number of Topliss-reactive ketones (excluding diaryl/α,β-unsaturated/α-hetero) is 1. The van der Waals surface area contributed by atoms with Crippen molar-refractivity contribution >= 4 is 34.7 Å². The Balaban J connectivity index is 3.47. The molecule has 0 aliphatic rings. The molecule has 14 heavy (non-hydrogen) atoms. The van der Waals surface area contributed by atoms with Crippen LogP contribution in [0.25, 0.3) is 0 Å². The Bertz CT molecular complexity index is 445. The van der Waals surface area contributed by atoms with Gasteiger partial charge in [-0.05, 0) is 41.6 Å². The number of nitrogens with zero attached hydrogens (tertiary/aromatic N) is 1. The van der Waals surface area contributed by atoms with Crippen molar-refractivity contribution < 1.29 is 9.59 Å². The molecule has 70 valence electrons. The van der Waals surface area contributed by atoms with Crippen molar-refractivity contribution in [2.45, 2.75) is 6.92 Å². The maximum Gasteiger partial charge on any atom is 0.160 e. The van der Waals surface area contributed by atoms with Gasteiger partial charge in [0.25, 0.3) is 0 Å². The zero-order valence-electron chi connectivity index (χ0n) is 7.37. The summed E-state index contributed by atoms with van der Waals surface area (Å²) in [5.74, 6) is -0.109. The quantitative estimate of drug-likeness (QED) is 0.478. The highest BCUT2D eigenvalue weighted by molar-refractivity contribution is 14.1. The van der Waals surface area contributed by atoms with E-state index >= 15 is 0 Å². The molecule has 0 amide bonds. The van der Waals surface area contributed by atoms with Crippen molar-refractivity contribution in [1.29, 1.82) is 5.26 Å². The largest absolute Gasteiger partial charge is 0.298 e. The highest BCUT2D eigenvalue weighted by atomic mass is 127. The summed E-state index contributed by atoms with van der Waals surface area (Å²) >= 11 is 1.97. The Kier molecular flexibility index (Phi) is 3.36. The first kappa shape index (κ1) is 10.9. The molecule has 0 bridgehead atoms.